The van der Waals surface area contributed by atoms with Crippen LogP contribution in [0.3, 0.4) is 0 Å². The molecule has 0 amide bonds. The lowest BCUT2D eigenvalue weighted by atomic mass is 10.3. The van der Waals surface area contributed by atoms with Gasteiger partial charge in [0.25, 0.3) is 0 Å². The zero-order chi connectivity index (χ0) is 15.4. The molecule has 2 aromatic rings. The number of aromatic nitrogens is 2. The number of halogens is 3. The van der Waals surface area contributed by atoms with Crippen LogP contribution >= 0.6 is 15.9 Å². The summed E-state index contributed by atoms with van der Waals surface area (Å²) < 4.78 is 27.4. The number of benzene rings is 1. The molecule has 0 aliphatic rings. The Morgan fingerprint density at radius 1 is 1.14 bits per heavy atom. The lowest BCUT2D eigenvalue weighted by molar-refractivity contribution is 0.597. The number of rotatable bonds is 5. The van der Waals surface area contributed by atoms with Crippen LogP contribution in [0.1, 0.15) is 19.0 Å². The van der Waals surface area contributed by atoms with Crippen LogP contribution in [0.2, 0.25) is 0 Å². The molecule has 2 rings (SSSR count). The molecule has 0 radical (unpaired) electrons. The van der Waals surface area contributed by atoms with Gasteiger partial charge < -0.3 is 10.6 Å². The molecule has 0 aliphatic carbocycles. The van der Waals surface area contributed by atoms with Gasteiger partial charge in [-0.05, 0) is 35.3 Å². The van der Waals surface area contributed by atoms with Crippen LogP contribution in [0.4, 0.5) is 26.2 Å². The Labute approximate surface area is 130 Å². The first-order valence-electron chi connectivity index (χ1n) is 6.50. The Morgan fingerprint density at radius 3 is 2.62 bits per heavy atom. The van der Waals surface area contributed by atoms with Crippen molar-refractivity contribution in [2.24, 2.45) is 0 Å². The molecule has 2 N–H and O–H groups in total. The largest absolute Gasteiger partial charge is 0.354 e. The molecule has 1 aromatic carbocycles. The standard InChI is InChI=1S/C14H15BrF2N4/c1-3-4-18-14-19-8(2)5-13(21-14)20-12-7-10(16)9(15)6-11(12)17/h5-7H,3-4H2,1-2H3,(H2,18,19,20,21). The molecular formula is C14H15BrF2N4. The van der Waals surface area contributed by atoms with E-state index in [-0.39, 0.29) is 10.2 Å². The Hall–Kier alpha value is -1.76. The molecule has 1 aromatic heterocycles. The topological polar surface area (TPSA) is 49.8 Å². The number of hydrogen-bond acceptors (Lipinski definition) is 4. The van der Waals surface area contributed by atoms with E-state index in [4.69, 9.17) is 0 Å². The monoisotopic (exact) mass is 356 g/mol. The summed E-state index contributed by atoms with van der Waals surface area (Å²) in [5.41, 5.74) is 0.749. The van der Waals surface area contributed by atoms with Crippen LogP contribution in [0.15, 0.2) is 22.7 Å². The van der Waals surface area contributed by atoms with Gasteiger partial charge in [-0.25, -0.2) is 13.8 Å². The molecule has 1 heterocycles. The Kier molecular flexibility index (Phi) is 5.06. The van der Waals surface area contributed by atoms with Crippen molar-refractivity contribution in [2.45, 2.75) is 20.3 Å². The second kappa shape index (κ2) is 6.80. The molecule has 0 bridgehead atoms. The number of nitrogens with zero attached hydrogens (tertiary/aromatic N) is 2. The molecule has 0 spiro atoms. The van der Waals surface area contributed by atoms with Gasteiger partial charge in [0.1, 0.15) is 17.5 Å². The van der Waals surface area contributed by atoms with Crippen LogP contribution < -0.4 is 10.6 Å². The van der Waals surface area contributed by atoms with Crippen molar-refractivity contribution in [3.8, 4) is 0 Å². The number of nitrogens with one attached hydrogen (secondary N) is 2. The van der Waals surface area contributed by atoms with Crippen molar-refractivity contribution in [2.75, 3.05) is 17.2 Å². The van der Waals surface area contributed by atoms with Gasteiger partial charge in [-0.15, -0.1) is 0 Å². The third kappa shape index (κ3) is 4.10. The minimum atomic E-state index is -0.567. The van der Waals surface area contributed by atoms with Crippen molar-refractivity contribution < 1.29 is 8.78 Å². The van der Waals surface area contributed by atoms with E-state index in [1.165, 1.54) is 0 Å². The maximum Gasteiger partial charge on any atom is 0.224 e. The van der Waals surface area contributed by atoms with Gasteiger partial charge in [0.05, 0.1) is 10.2 Å². The predicted octanol–water partition coefficient (Wildman–Crippen LogP) is 4.39. The summed E-state index contributed by atoms with van der Waals surface area (Å²) in [6.07, 6.45) is 0.937. The fraction of sp³-hybridized carbons (Fsp3) is 0.286. The van der Waals surface area contributed by atoms with Crippen molar-refractivity contribution in [3.63, 3.8) is 0 Å². The third-order valence-electron chi connectivity index (χ3n) is 2.66. The van der Waals surface area contributed by atoms with Crippen LogP contribution in [0, 0.1) is 18.6 Å². The zero-order valence-corrected chi connectivity index (χ0v) is 13.3. The Bertz CT molecular complexity index is 649. The molecular weight excluding hydrogens is 342 g/mol. The van der Waals surface area contributed by atoms with Crippen LogP contribution in [-0.2, 0) is 0 Å². The van der Waals surface area contributed by atoms with Gasteiger partial charge in [0.2, 0.25) is 5.95 Å². The quantitative estimate of drug-likeness (QED) is 0.780. The molecule has 0 aliphatic heterocycles. The maximum absolute atomic E-state index is 13.8. The lowest BCUT2D eigenvalue weighted by Crippen LogP contribution is -2.07. The molecule has 21 heavy (non-hydrogen) atoms. The molecule has 0 fully saturated rings. The molecule has 0 atom stereocenters. The van der Waals surface area contributed by atoms with Gasteiger partial charge >= 0.3 is 0 Å². The molecule has 0 saturated carbocycles. The lowest BCUT2D eigenvalue weighted by Gasteiger charge is -2.10. The minimum Gasteiger partial charge on any atom is -0.354 e. The summed E-state index contributed by atoms with van der Waals surface area (Å²) >= 11 is 2.94. The molecule has 4 nitrogen and oxygen atoms in total. The SMILES string of the molecule is CCCNc1nc(C)cc(Nc2cc(F)c(Br)cc2F)n1. The first-order chi connectivity index (χ1) is 9.99. The minimum absolute atomic E-state index is 0.0234. The van der Waals surface area contributed by atoms with E-state index in [1.54, 1.807) is 6.07 Å². The molecule has 0 unspecified atom stereocenters. The average molecular weight is 357 g/mol. The average Bonchev–Trinajstić information content (AvgIpc) is 2.42. The highest BCUT2D eigenvalue weighted by molar-refractivity contribution is 9.10. The van der Waals surface area contributed by atoms with Crippen LogP contribution in [-0.4, -0.2) is 16.5 Å². The second-order valence-corrected chi connectivity index (χ2v) is 5.37. The maximum atomic E-state index is 13.8. The summed E-state index contributed by atoms with van der Waals surface area (Å²) in [4.78, 5) is 8.45. The van der Waals surface area contributed by atoms with Gasteiger partial charge in [0, 0.05) is 24.4 Å². The van der Waals surface area contributed by atoms with E-state index in [9.17, 15) is 8.78 Å². The summed E-state index contributed by atoms with van der Waals surface area (Å²) in [5.74, 6) is -0.254. The van der Waals surface area contributed by atoms with Gasteiger partial charge in [-0.2, -0.15) is 4.98 Å². The van der Waals surface area contributed by atoms with Crippen molar-refractivity contribution >= 4 is 33.4 Å². The van der Waals surface area contributed by atoms with E-state index < -0.39 is 11.6 Å². The normalized spacial score (nSPS) is 10.5. The number of anilines is 3. The van der Waals surface area contributed by atoms with Crippen LogP contribution in [0.25, 0.3) is 0 Å². The smallest absolute Gasteiger partial charge is 0.224 e. The highest BCUT2D eigenvalue weighted by Gasteiger charge is 2.10. The molecule has 7 heteroatoms. The van der Waals surface area contributed by atoms with Crippen molar-refractivity contribution in [3.05, 3.63) is 40.0 Å². The summed E-state index contributed by atoms with van der Waals surface area (Å²) in [6.45, 7) is 4.58. The summed E-state index contributed by atoms with van der Waals surface area (Å²) in [5, 5.41) is 5.83. The fourth-order valence-corrected chi connectivity index (χ4v) is 2.02. The first kappa shape index (κ1) is 15.6. The number of aryl methyl sites for hydroxylation is 1. The van der Waals surface area contributed by atoms with E-state index in [1.807, 2.05) is 13.8 Å². The van der Waals surface area contributed by atoms with Gasteiger partial charge in [0.15, 0.2) is 0 Å². The van der Waals surface area contributed by atoms with Crippen LogP contribution in [0.5, 0.6) is 0 Å². The van der Waals surface area contributed by atoms with E-state index in [0.29, 0.717) is 11.8 Å². The van der Waals surface area contributed by atoms with E-state index in [0.717, 1.165) is 30.8 Å². The predicted molar refractivity (Wildman–Crippen MR) is 82.9 cm³/mol. The van der Waals surface area contributed by atoms with E-state index >= 15 is 0 Å². The second-order valence-electron chi connectivity index (χ2n) is 4.52. The highest BCUT2D eigenvalue weighted by atomic mass is 79.9. The Morgan fingerprint density at radius 2 is 1.90 bits per heavy atom. The van der Waals surface area contributed by atoms with Crippen molar-refractivity contribution in [1.29, 1.82) is 0 Å². The van der Waals surface area contributed by atoms with Crippen molar-refractivity contribution in [1.82, 2.24) is 9.97 Å². The summed E-state index contributed by atoms with van der Waals surface area (Å²) in [6, 6.07) is 3.81. The summed E-state index contributed by atoms with van der Waals surface area (Å²) in [7, 11) is 0. The Balaban J connectivity index is 2.27. The van der Waals surface area contributed by atoms with E-state index in [2.05, 4.69) is 36.5 Å². The number of hydrogen-bond donors (Lipinski definition) is 2. The van der Waals surface area contributed by atoms with Gasteiger partial charge in [-0.1, -0.05) is 6.92 Å². The third-order valence-corrected chi connectivity index (χ3v) is 3.27. The first-order valence-corrected chi connectivity index (χ1v) is 7.30. The zero-order valence-electron chi connectivity index (χ0n) is 11.7. The molecule has 112 valence electrons. The van der Waals surface area contributed by atoms with Gasteiger partial charge in [-0.3, -0.25) is 0 Å². The highest BCUT2D eigenvalue weighted by Crippen LogP contribution is 2.25. The fourth-order valence-electron chi connectivity index (χ4n) is 1.70. The molecule has 0 saturated heterocycles.